The van der Waals surface area contributed by atoms with Crippen molar-refractivity contribution in [3.8, 4) is 0 Å². The third kappa shape index (κ3) is 3.15. The van der Waals surface area contributed by atoms with Crippen molar-refractivity contribution in [3.63, 3.8) is 0 Å². The molecule has 0 aliphatic heterocycles. The fourth-order valence-corrected chi connectivity index (χ4v) is 3.35. The van der Waals surface area contributed by atoms with Crippen LogP contribution >= 0.6 is 23.2 Å². The van der Waals surface area contributed by atoms with E-state index < -0.39 is 0 Å². The molecule has 1 aromatic rings. The molecule has 1 atom stereocenters. The number of rotatable bonds is 4. The SMILES string of the molecule is OCC(Cc1c(Cl)cccc1Cl)C1CCCC1. The molecule has 1 N–H and O–H groups in total. The Morgan fingerprint density at radius 2 is 1.76 bits per heavy atom. The van der Waals surface area contributed by atoms with Crippen LogP contribution in [-0.4, -0.2) is 11.7 Å². The van der Waals surface area contributed by atoms with E-state index in [1.165, 1.54) is 25.7 Å². The first-order chi connectivity index (χ1) is 8.22. The Balaban J connectivity index is 2.12. The number of aliphatic hydroxyl groups excluding tert-OH is 1. The highest BCUT2D eigenvalue weighted by molar-refractivity contribution is 6.35. The zero-order valence-corrected chi connectivity index (χ0v) is 11.3. The summed E-state index contributed by atoms with van der Waals surface area (Å²) in [6.45, 7) is 0.228. The van der Waals surface area contributed by atoms with E-state index in [1.54, 1.807) is 0 Å². The quantitative estimate of drug-likeness (QED) is 0.865. The van der Waals surface area contributed by atoms with E-state index in [1.807, 2.05) is 18.2 Å². The van der Waals surface area contributed by atoms with E-state index in [2.05, 4.69) is 0 Å². The molecule has 0 aromatic heterocycles. The Labute approximate surface area is 113 Å². The molecule has 1 aliphatic carbocycles. The topological polar surface area (TPSA) is 20.2 Å². The second-order valence-corrected chi connectivity index (χ2v) is 5.71. The second kappa shape index (κ2) is 6.08. The molecule has 0 radical (unpaired) electrons. The van der Waals surface area contributed by atoms with Crippen LogP contribution in [0.5, 0.6) is 0 Å². The van der Waals surface area contributed by atoms with Crippen LogP contribution in [0.25, 0.3) is 0 Å². The highest BCUT2D eigenvalue weighted by atomic mass is 35.5. The molecule has 0 heterocycles. The molecule has 0 amide bonds. The van der Waals surface area contributed by atoms with Crippen molar-refractivity contribution in [2.75, 3.05) is 6.61 Å². The summed E-state index contributed by atoms with van der Waals surface area (Å²) >= 11 is 12.3. The summed E-state index contributed by atoms with van der Waals surface area (Å²) in [6, 6.07) is 5.59. The van der Waals surface area contributed by atoms with E-state index >= 15 is 0 Å². The average Bonchev–Trinajstić information content (AvgIpc) is 2.82. The minimum Gasteiger partial charge on any atom is -0.396 e. The van der Waals surface area contributed by atoms with Crippen LogP contribution in [-0.2, 0) is 6.42 Å². The van der Waals surface area contributed by atoms with Gasteiger partial charge in [-0.3, -0.25) is 0 Å². The minimum atomic E-state index is 0.228. The molecule has 0 bridgehead atoms. The van der Waals surface area contributed by atoms with Crippen molar-refractivity contribution in [2.24, 2.45) is 11.8 Å². The predicted octanol–water partition coefficient (Wildman–Crippen LogP) is 4.33. The Morgan fingerprint density at radius 1 is 1.18 bits per heavy atom. The zero-order valence-electron chi connectivity index (χ0n) is 9.83. The van der Waals surface area contributed by atoms with E-state index in [9.17, 15) is 5.11 Å². The summed E-state index contributed by atoms with van der Waals surface area (Å²) in [6.07, 6.45) is 5.83. The van der Waals surface area contributed by atoms with Crippen molar-refractivity contribution < 1.29 is 5.11 Å². The third-order valence-electron chi connectivity index (χ3n) is 3.83. The number of hydrogen-bond acceptors (Lipinski definition) is 1. The van der Waals surface area contributed by atoms with Gasteiger partial charge in [0, 0.05) is 16.7 Å². The molecule has 1 unspecified atom stereocenters. The zero-order chi connectivity index (χ0) is 12.3. The largest absolute Gasteiger partial charge is 0.396 e. The Morgan fingerprint density at radius 3 is 2.29 bits per heavy atom. The lowest BCUT2D eigenvalue weighted by atomic mass is 9.86. The van der Waals surface area contributed by atoms with Crippen molar-refractivity contribution in [3.05, 3.63) is 33.8 Å². The highest BCUT2D eigenvalue weighted by Gasteiger charge is 2.25. The summed E-state index contributed by atoms with van der Waals surface area (Å²) in [5.41, 5.74) is 0.988. The van der Waals surface area contributed by atoms with Crippen LogP contribution in [0.2, 0.25) is 10.0 Å². The molecular formula is C14H18Cl2O. The fraction of sp³-hybridized carbons (Fsp3) is 0.571. The van der Waals surface area contributed by atoms with Gasteiger partial charge in [-0.1, -0.05) is 55.0 Å². The van der Waals surface area contributed by atoms with E-state index in [0.29, 0.717) is 21.9 Å². The molecule has 17 heavy (non-hydrogen) atoms. The van der Waals surface area contributed by atoms with Gasteiger partial charge in [0.2, 0.25) is 0 Å². The maximum absolute atomic E-state index is 9.54. The molecule has 1 fully saturated rings. The van der Waals surface area contributed by atoms with E-state index in [-0.39, 0.29) is 6.61 Å². The number of benzene rings is 1. The highest BCUT2D eigenvalue weighted by Crippen LogP contribution is 2.35. The van der Waals surface area contributed by atoms with Crippen molar-refractivity contribution in [2.45, 2.75) is 32.1 Å². The molecule has 94 valence electrons. The average molecular weight is 273 g/mol. The Hall–Kier alpha value is -0.240. The maximum atomic E-state index is 9.54. The van der Waals surface area contributed by atoms with Crippen LogP contribution in [0.3, 0.4) is 0 Å². The summed E-state index contributed by atoms with van der Waals surface area (Å²) in [5, 5.41) is 11.0. The van der Waals surface area contributed by atoms with Gasteiger partial charge in [-0.25, -0.2) is 0 Å². The lowest BCUT2D eigenvalue weighted by Gasteiger charge is -2.22. The third-order valence-corrected chi connectivity index (χ3v) is 4.54. The lowest BCUT2D eigenvalue weighted by molar-refractivity contribution is 0.176. The smallest absolute Gasteiger partial charge is 0.0465 e. The van der Waals surface area contributed by atoms with Crippen LogP contribution in [0.4, 0.5) is 0 Å². The van der Waals surface area contributed by atoms with E-state index in [0.717, 1.165) is 12.0 Å². The molecule has 1 saturated carbocycles. The van der Waals surface area contributed by atoms with Gasteiger partial charge < -0.3 is 5.11 Å². The van der Waals surface area contributed by atoms with E-state index in [4.69, 9.17) is 23.2 Å². The second-order valence-electron chi connectivity index (χ2n) is 4.89. The van der Waals surface area contributed by atoms with Gasteiger partial charge in [-0.2, -0.15) is 0 Å². The van der Waals surface area contributed by atoms with Gasteiger partial charge in [-0.15, -0.1) is 0 Å². The van der Waals surface area contributed by atoms with Gasteiger partial charge >= 0.3 is 0 Å². The molecule has 2 rings (SSSR count). The summed E-state index contributed by atoms with van der Waals surface area (Å²) < 4.78 is 0. The molecule has 0 spiro atoms. The maximum Gasteiger partial charge on any atom is 0.0465 e. The molecule has 1 nitrogen and oxygen atoms in total. The Bertz CT molecular complexity index is 352. The van der Waals surface area contributed by atoms with Crippen LogP contribution in [0.1, 0.15) is 31.2 Å². The molecule has 3 heteroatoms. The normalized spacial score (nSPS) is 18.5. The first-order valence-corrected chi connectivity index (χ1v) is 7.01. The fourth-order valence-electron chi connectivity index (χ4n) is 2.80. The van der Waals surface area contributed by atoms with Crippen molar-refractivity contribution >= 4 is 23.2 Å². The van der Waals surface area contributed by atoms with Crippen LogP contribution in [0.15, 0.2) is 18.2 Å². The van der Waals surface area contributed by atoms with Crippen molar-refractivity contribution in [1.82, 2.24) is 0 Å². The summed E-state index contributed by atoms with van der Waals surface area (Å²) in [5.74, 6) is 0.933. The van der Waals surface area contributed by atoms with Gasteiger partial charge in [0.05, 0.1) is 0 Å². The van der Waals surface area contributed by atoms with Crippen LogP contribution in [0, 0.1) is 11.8 Å². The number of aliphatic hydroxyl groups is 1. The summed E-state index contributed by atoms with van der Waals surface area (Å²) in [4.78, 5) is 0. The first kappa shape index (κ1) is 13.2. The number of hydrogen-bond donors (Lipinski definition) is 1. The standard InChI is InChI=1S/C14H18Cl2O/c15-13-6-3-7-14(16)12(13)8-11(9-17)10-4-1-2-5-10/h3,6-7,10-11,17H,1-2,4-5,8-9H2. The minimum absolute atomic E-state index is 0.228. The van der Waals surface area contributed by atoms with Gasteiger partial charge in [0.15, 0.2) is 0 Å². The molecular weight excluding hydrogens is 255 g/mol. The van der Waals surface area contributed by atoms with Gasteiger partial charge in [-0.05, 0) is 36.0 Å². The monoisotopic (exact) mass is 272 g/mol. The summed E-state index contributed by atoms with van der Waals surface area (Å²) in [7, 11) is 0. The molecule has 1 aliphatic rings. The van der Waals surface area contributed by atoms with Crippen molar-refractivity contribution in [1.29, 1.82) is 0 Å². The van der Waals surface area contributed by atoms with Crippen LogP contribution < -0.4 is 0 Å². The molecule has 0 saturated heterocycles. The predicted molar refractivity (Wildman–Crippen MR) is 72.7 cm³/mol. The first-order valence-electron chi connectivity index (χ1n) is 6.26. The Kier molecular flexibility index (Phi) is 4.72. The molecule has 1 aromatic carbocycles. The lowest BCUT2D eigenvalue weighted by Crippen LogP contribution is -2.19. The van der Waals surface area contributed by atoms with Gasteiger partial charge in [0.1, 0.15) is 0 Å². The van der Waals surface area contributed by atoms with Gasteiger partial charge in [0.25, 0.3) is 0 Å². The number of halogens is 2.